The maximum Gasteiger partial charge on any atom is 0.282 e. The molecule has 1 amide bonds. The van der Waals surface area contributed by atoms with Crippen LogP contribution in [0.2, 0.25) is 0 Å². The van der Waals surface area contributed by atoms with Crippen LogP contribution in [0.15, 0.2) is 81.1 Å². The average molecular weight is 577 g/mol. The molecule has 0 radical (unpaired) electrons. The summed E-state index contributed by atoms with van der Waals surface area (Å²) in [6, 6.07) is 18.1. The molecule has 7 nitrogen and oxygen atoms in total. The van der Waals surface area contributed by atoms with Gasteiger partial charge in [0, 0.05) is 16.1 Å². The molecule has 1 aromatic heterocycles. The minimum absolute atomic E-state index is 0.191. The number of nitrogens with zero attached hydrogens (tertiary/aromatic N) is 3. The third-order valence-electron chi connectivity index (χ3n) is 6.50. The Morgan fingerprint density at radius 2 is 1.82 bits per heavy atom. The van der Waals surface area contributed by atoms with Crippen LogP contribution >= 0.6 is 15.9 Å². The van der Waals surface area contributed by atoms with Crippen LogP contribution in [0.1, 0.15) is 49.4 Å². The molecule has 0 atom stereocenters. The summed E-state index contributed by atoms with van der Waals surface area (Å²) in [6.07, 6.45) is 7.05. The summed E-state index contributed by atoms with van der Waals surface area (Å²) >= 11 is 3.44. The molecule has 5 rings (SSSR count). The van der Waals surface area contributed by atoms with Crippen molar-refractivity contribution in [3.8, 4) is 5.75 Å². The smallest absolute Gasteiger partial charge is 0.282 e. The summed E-state index contributed by atoms with van der Waals surface area (Å²) in [4.78, 5) is 30.4. The van der Waals surface area contributed by atoms with Gasteiger partial charge in [-0.1, -0.05) is 35.2 Å². The molecule has 1 aliphatic rings. The second-order valence-corrected chi connectivity index (χ2v) is 10.2. The lowest BCUT2D eigenvalue weighted by atomic mass is 9.88. The zero-order valence-corrected chi connectivity index (χ0v) is 22.2. The van der Waals surface area contributed by atoms with Gasteiger partial charge >= 0.3 is 0 Å². The van der Waals surface area contributed by atoms with Crippen molar-refractivity contribution in [2.24, 2.45) is 5.10 Å². The molecule has 0 unspecified atom stereocenters. The van der Waals surface area contributed by atoms with Gasteiger partial charge in [-0.3, -0.25) is 9.59 Å². The zero-order valence-electron chi connectivity index (χ0n) is 20.6. The van der Waals surface area contributed by atoms with Gasteiger partial charge in [-0.25, -0.2) is 9.37 Å². The molecule has 1 N–H and O–H groups in total. The fourth-order valence-corrected chi connectivity index (χ4v) is 4.92. The lowest BCUT2D eigenvalue weighted by Crippen LogP contribution is -2.25. The van der Waals surface area contributed by atoms with Gasteiger partial charge in [-0.05, 0) is 85.1 Å². The van der Waals surface area contributed by atoms with E-state index in [2.05, 4.69) is 26.3 Å². The third-order valence-corrected chi connectivity index (χ3v) is 7.00. The molecule has 194 valence electrons. The van der Waals surface area contributed by atoms with E-state index >= 15 is 0 Å². The number of carbonyl (C=O) groups excluding carboxylic acids is 1. The molecule has 38 heavy (non-hydrogen) atoms. The van der Waals surface area contributed by atoms with Crippen LogP contribution in [0.5, 0.6) is 5.75 Å². The fraction of sp³-hybridized carbons (Fsp3) is 0.241. The fourth-order valence-electron chi connectivity index (χ4n) is 4.56. The van der Waals surface area contributed by atoms with Crippen LogP contribution < -0.4 is 15.6 Å². The Bertz CT molecular complexity index is 1530. The Labute approximate surface area is 227 Å². The largest absolute Gasteiger partial charge is 0.484 e. The Kier molecular flexibility index (Phi) is 7.93. The molecule has 1 heterocycles. The molecule has 0 bridgehead atoms. The zero-order chi connectivity index (χ0) is 26.5. The third kappa shape index (κ3) is 6.16. The lowest BCUT2D eigenvalue weighted by molar-refractivity contribution is -0.118. The molecule has 3 aromatic carbocycles. The molecule has 0 saturated heterocycles. The number of nitrogens with one attached hydrogen (secondary N) is 1. The first-order chi connectivity index (χ1) is 18.5. The number of hydrogen-bond acceptors (Lipinski definition) is 5. The minimum Gasteiger partial charge on any atom is -0.484 e. The number of fused-ring (bicyclic) bond motifs is 1. The van der Waals surface area contributed by atoms with Gasteiger partial charge in [-0.2, -0.15) is 9.78 Å². The molecule has 1 fully saturated rings. The molecule has 0 aliphatic heterocycles. The van der Waals surface area contributed by atoms with Crippen LogP contribution in [-0.4, -0.2) is 28.4 Å². The highest BCUT2D eigenvalue weighted by molar-refractivity contribution is 9.10. The molecular weight excluding hydrogens is 551 g/mol. The minimum atomic E-state index is -0.372. The van der Waals surface area contributed by atoms with Gasteiger partial charge in [0.05, 0.1) is 17.1 Å². The highest BCUT2D eigenvalue weighted by atomic mass is 79.9. The molecule has 9 heteroatoms. The van der Waals surface area contributed by atoms with Crippen molar-refractivity contribution in [3.05, 3.63) is 98.8 Å². The number of rotatable bonds is 7. The Morgan fingerprint density at radius 1 is 1.08 bits per heavy atom. The quantitative estimate of drug-likeness (QED) is 0.264. The van der Waals surface area contributed by atoms with E-state index in [1.807, 2.05) is 12.1 Å². The van der Waals surface area contributed by atoms with Crippen molar-refractivity contribution < 1.29 is 13.9 Å². The first kappa shape index (κ1) is 25.8. The van der Waals surface area contributed by atoms with Gasteiger partial charge < -0.3 is 10.1 Å². The van der Waals surface area contributed by atoms with Crippen LogP contribution in [0, 0.1) is 5.82 Å². The predicted octanol–water partition coefficient (Wildman–Crippen LogP) is 6.25. The maximum atomic E-state index is 13.4. The van der Waals surface area contributed by atoms with Crippen LogP contribution in [-0.2, 0) is 4.79 Å². The summed E-state index contributed by atoms with van der Waals surface area (Å²) in [5, 5.41) is 7.72. The molecule has 1 aliphatic carbocycles. The van der Waals surface area contributed by atoms with Crippen LogP contribution in [0.3, 0.4) is 0 Å². The van der Waals surface area contributed by atoms with E-state index in [1.54, 1.807) is 36.5 Å². The molecule has 4 aromatic rings. The predicted molar refractivity (Wildman–Crippen MR) is 149 cm³/mol. The summed E-state index contributed by atoms with van der Waals surface area (Å²) in [6.45, 7) is -0.191. The summed E-state index contributed by atoms with van der Waals surface area (Å²) in [7, 11) is 0. The normalized spacial score (nSPS) is 14.2. The van der Waals surface area contributed by atoms with Gasteiger partial charge in [0.1, 0.15) is 17.4 Å². The number of halogens is 2. The van der Waals surface area contributed by atoms with Crippen LogP contribution in [0.4, 0.5) is 10.1 Å². The van der Waals surface area contributed by atoms with Gasteiger partial charge in [0.25, 0.3) is 11.5 Å². The number of benzene rings is 3. The Balaban J connectivity index is 1.31. The Morgan fingerprint density at radius 3 is 2.55 bits per heavy atom. The summed E-state index contributed by atoms with van der Waals surface area (Å²) in [5.41, 5.74) is 1.74. The van der Waals surface area contributed by atoms with E-state index in [0.29, 0.717) is 28.2 Å². The summed E-state index contributed by atoms with van der Waals surface area (Å²) < 4.78 is 20.8. The lowest BCUT2D eigenvalue weighted by Gasteiger charge is -2.22. The second kappa shape index (κ2) is 11.7. The standard InChI is InChI=1S/C29H26BrFN4O3/c30-21-8-15-26-25(16-21)29(37)35(28(34-26)20-4-2-1-3-5-20)32-17-19-6-13-24(14-7-19)38-18-27(36)33-23-11-9-22(31)10-12-23/h6-17,20H,1-5,18H2,(H,33,36). The van der Waals surface area contributed by atoms with Crippen molar-refractivity contribution in [2.45, 2.75) is 38.0 Å². The van der Waals surface area contributed by atoms with Crippen molar-refractivity contribution in [1.29, 1.82) is 0 Å². The number of ether oxygens (including phenoxy) is 1. The topological polar surface area (TPSA) is 85.6 Å². The molecular formula is C29H26BrFN4O3. The van der Waals surface area contributed by atoms with Gasteiger partial charge in [0.2, 0.25) is 0 Å². The van der Waals surface area contributed by atoms with Gasteiger partial charge in [0.15, 0.2) is 6.61 Å². The maximum absolute atomic E-state index is 13.4. The second-order valence-electron chi connectivity index (χ2n) is 9.24. The molecule has 0 spiro atoms. The highest BCUT2D eigenvalue weighted by Crippen LogP contribution is 2.32. The van der Waals surface area contributed by atoms with Crippen molar-refractivity contribution in [3.63, 3.8) is 0 Å². The van der Waals surface area contributed by atoms with E-state index in [-0.39, 0.29) is 29.8 Å². The van der Waals surface area contributed by atoms with Gasteiger partial charge in [-0.15, -0.1) is 0 Å². The van der Waals surface area contributed by atoms with E-state index in [0.717, 1.165) is 35.7 Å². The highest BCUT2D eigenvalue weighted by Gasteiger charge is 2.22. The van der Waals surface area contributed by atoms with Crippen LogP contribution in [0.25, 0.3) is 10.9 Å². The van der Waals surface area contributed by atoms with E-state index in [4.69, 9.17) is 9.72 Å². The van der Waals surface area contributed by atoms with Crippen molar-refractivity contribution in [1.82, 2.24) is 9.66 Å². The van der Waals surface area contributed by atoms with E-state index < -0.39 is 0 Å². The SMILES string of the molecule is O=C(COc1ccc(C=Nn2c(C3CCCCC3)nc3ccc(Br)cc3c2=O)cc1)Nc1ccc(F)cc1. The van der Waals surface area contributed by atoms with Crippen molar-refractivity contribution in [2.75, 3.05) is 11.9 Å². The number of aromatic nitrogens is 2. The van der Waals surface area contributed by atoms with E-state index in [1.165, 1.54) is 35.4 Å². The van der Waals surface area contributed by atoms with E-state index in [9.17, 15) is 14.0 Å². The first-order valence-corrected chi connectivity index (χ1v) is 13.3. The average Bonchev–Trinajstić information content (AvgIpc) is 2.94. The number of amides is 1. The number of anilines is 1. The van der Waals surface area contributed by atoms with Crippen molar-refractivity contribution >= 4 is 44.6 Å². The first-order valence-electron chi connectivity index (χ1n) is 12.5. The molecule has 1 saturated carbocycles. The monoisotopic (exact) mass is 576 g/mol. The summed E-state index contributed by atoms with van der Waals surface area (Å²) in [5.74, 6) is 0.676. The number of carbonyl (C=O) groups is 1. The number of hydrogen-bond donors (Lipinski definition) is 1. The Hall–Kier alpha value is -3.85.